The molecule has 2 N–H and O–H groups in total. The molecule has 0 atom stereocenters. The van der Waals surface area contributed by atoms with Crippen LogP contribution in [0, 0.1) is 5.82 Å². The number of ether oxygens (including phenoxy) is 1. The van der Waals surface area contributed by atoms with Crippen molar-refractivity contribution >= 4 is 28.5 Å². The fourth-order valence-corrected chi connectivity index (χ4v) is 2.18. The summed E-state index contributed by atoms with van der Waals surface area (Å²) in [6.45, 7) is 0. The van der Waals surface area contributed by atoms with E-state index in [2.05, 4.69) is 20.3 Å². The van der Waals surface area contributed by atoms with E-state index in [4.69, 9.17) is 0 Å². The van der Waals surface area contributed by atoms with Crippen molar-refractivity contribution in [1.29, 1.82) is 0 Å². The first-order chi connectivity index (χ1) is 11.1. The normalized spacial score (nSPS) is 10.5. The summed E-state index contributed by atoms with van der Waals surface area (Å²) in [7, 11) is 1.26. The molecule has 23 heavy (non-hydrogen) atoms. The van der Waals surface area contributed by atoms with Crippen LogP contribution in [-0.4, -0.2) is 29.2 Å². The number of nitrogens with one attached hydrogen (secondary N) is 2. The number of hydrogen-bond acceptors (Lipinski definition) is 4. The number of methoxy groups -OCH3 is 1. The number of aromatic nitrogens is 2. The van der Waals surface area contributed by atoms with Crippen molar-refractivity contribution in [2.24, 2.45) is 0 Å². The molecule has 7 heteroatoms. The molecule has 1 amide bonds. The van der Waals surface area contributed by atoms with Gasteiger partial charge in [-0.3, -0.25) is 9.89 Å². The molecule has 0 saturated heterocycles. The Kier molecular flexibility index (Phi) is 3.76. The maximum absolute atomic E-state index is 13.2. The molecule has 116 valence electrons. The summed E-state index contributed by atoms with van der Waals surface area (Å²) < 4.78 is 17.8. The quantitative estimate of drug-likeness (QED) is 0.728. The zero-order valence-corrected chi connectivity index (χ0v) is 12.1. The Morgan fingerprint density at radius 2 is 2.04 bits per heavy atom. The maximum Gasteiger partial charge on any atom is 0.359 e. The highest BCUT2D eigenvalue weighted by Crippen LogP contribution is 2.21. The van der Waals surface area contributed by atoms with Crippen LogP contribution in [0.15, 0.2) is 42.5 Å². The van der Waals surface area contributed by atoms with E-state index < -0.39 is 17.7 Å². The summed E-state index contributed by atoms with van der Waals surface area (Å²) in [5.41, 5.74) is 1.42. The van der Waals surface area contributed by atoms with Crippen molar-refractivity contribution in [2.75, 3.05) is 12.4 Å². The number of esters is 1. The summed E-state index contributed by atoms with van der Waals surface area (Å²) in [5.74, 6) is -1.52. The summed E-state index contributed by atoms with van der Waals surface area (Å²) in [6.07, 6.45) is 0. The van der Waals surface area contributed by atoms with Crippen molar-refractivity contribution < 1.29 is 18.7 Å². The number of halogens is 1. The zero-order valence-electron chi connectivity index (χ0n) is 12.1. The van der Waals surface area contributed by atoms with Crippen LogP contribution >= 0.6 is 0 Å². The number of rotatable bonds is 3. The van der Waals surface area contributed by atoms with Crippen molar-refractivity contribution in [1.82, 2.24) is 10.2 Å². The van der Waals surface area contributed by atoms with Gasteiger partial charge in [-0.2, -0.15) is 5.10 Å². The van der Waals surface area contributed by atoms with Gasteiger partial charge in [-0.15, -0.1) is 0 Å². The molecule has 0 radical (unpaired) electrons. The number of fused-ring (bicyclic) bond motifs is 1. The minimum Gasteiger partial charge on any atom is -0.464 e. The fraction of sp³-hybridized carbons (Fsp3) is 0.0625. The van der Waals surface area contributed by atoms with Crippen LogP contribution in [0.2, 0.25) is 0 Å². The van der Waals surface area contributed by atoms with Crippen LogP contribution in [0.4, 0.5) is 10.1 Å². The van der Waals surface area contributed by atoms with Crippen LogP contribution < -0.4 is 5.32 Å². The number of amides is 1. The number of aromatic amines is 1. The van der Waals surface area contributed by atoms with Crippen LogP contribution in [0.5, 0.6) is 0 Å². The van der Waals surface area contributed by atoms with E-state index >= 15 is 0 Å². The average Bonchev–Trinajstić information content (AvgIpc) is 2.97. The lowest BCUT2D eigenvalue weighted by Crippen LogP contribution is -2.12. The largest absolute Gasteiger partial charge is 0.464 e. The van der Waals surface area contributed by atoms with E-state index in [-0.39, 0.29) is 11.3 Å². The van der Waals surface area contributed by atoms with E-state index in [0.29, 0.717) is 16.6 Å². The van der Waals surface area contributed by atoms with Gasteiger partial charge in [0.1, 0.15) is 5.82 Å². The van der Waals surface area contributed by atoms with Gasteiger partial charge in [0.2, 0.25) is 0 Å². The average molecular weight is 313 g/mol. The number of carbonyl (C=O) groups excluding carboxylic acids is 2. The molecule has 0 unspecified atom stereocenters. The second kappa shape index (κ2) is 5.88. The van der Waals surface area contributed by atoms with Gasteiger partial charge in [0, 0.05) is 16.6 Å². The minimum atomic E-state index is -0.579. The van der Waals surface area contributed by atoms with Gasteiger partial charge in [0.05, 0.1) is 12.6 Å². The van der Waals surface area contributed by atoms with Crippen LogP contribution in [-0.2, 0) is 4.74 Å². The van der Waals surface area contributed by atoms with Crippen LogP contribution in [0.1, 0.15) is 20.8 Å². The second-order valence-corrected chi connectivity index (χ2v) is 4.79. The lowest BCUT2D eigenvalue weighted by Gasteiger charge is -2.06. The van der Waals surface area contributed by atoms with E-state index in [9.17, 15) is 14.0 Å². The number of carbonyl (C=O) groups is 2. The molecule has 1 heterocycles. The number of anilines is 1. The van der Waals surface area contributed by atoms with Crippen molar-refractivity contribution in [2.45, 2.75) is 0 Å². The number of hydrogen-bond donors (Lipinski definition) is 2. The number of benzene rings is 2. The highest BCUT2D eigenvalue weighted by atomic mass is 19.1. The van der Waals surface area contributed by atoms with Gasteiger partial charge in [-0.1, -0.05) is 6.07 Å². The monoisotopic (exact) mass is 313 g/mol. The van der Waals surface area contributed by atoms with E-state index in [0.717, 1.165) is 6.07 Å². The van der Waals surface area contributed by atoms with Gasteiger partial charge < -0.3 is 10.1 Å². The SMILES string of the molecule is COC(=O)c1n[nH]c2ccc(NC(=O)c3cccc(F)c3)cc12. The van der Waals surface area contributed by atoms with Gasteiger partial charge in [-0.05, 0) is 36.4 Å². The summed E-state index contributed by atoms with van der Waals surface area (Å²) in [6, 6.07) is 10.3. The second-order valence-electron chi connectivity index (χ2n) is 4.79. The van der Waals surface area contributed by atoms with Crippen molar-refractivity contribution in [3.8, 4) is 0 Å². The third-order valence-corrected chi connectivity index (χ3v) is 3.29. The fourth-order valence-electron chi connectivity index (χ4n) is 2.18. The Labute approximate surface area is 130 Å². The highest BCUT2D eigenvalue weighted by Gasteiger charge is 2.15. The third-order valence-electron chi connectivity index (χ3n) is 3.29. The summed E-state index contributed by atoms with van der Waals surface area (Å²) >= 11 is 0. The first-order valence-electron chi connectivity index (χ1n) is 6.72. The molecule has 0 fully saturated rings. The molecule has 0 saturated carbocycles. The third kappa shape index (κ3) is 2.89. The van der Waals surface area contributed by atoms with Crippen molar-refractivity contribution in [3.63, 3.8) is 0 Å². The van der Waals surface area contributed by atoms with Gasteiger partial charge in [0.25, 0.3) is 5.91 Å². The first kappa shape index (κ1) is 14.7. The molecule has 0 aliphatic rings. The summed E-state index contributed by atoms with van der Waals surface area (Å²) in [5, 5.41) is 9.78. The van der Waals surface area contributed by atoms with Crippen molar-refractivity contribution in [3.05, 3.63) is 59.5 Å². The minimum absolute atomic E-state index is 0.129. The van der Waals surface area contributed by atoms with Crippen LogP contribution in [0.3, 0.4) is 0 Å². The molecule has 6 nitrogen and oxygen atoms in total. The number of nitrogens with zero attached hydrogens (tertiary/aromatic N) is 1. The Bertz CT molecular complexity index is 904. The molecule has 0 spiro atoms. The highest BCUT2D eigenvalue weighted by molar-refractivity contribution is 6.07. The molecule has 0 aliphatic heterocycles. The van der Waals surface area contributed by atoms with Gasteiger partial charge in [-0.25, -0.2) is 9.18 Å². The molecule has 0 bridgehead atoms. The lowest BCUT2D eigenvalue weighted by molar-refractivity contribution is 0.0596. The molecule has 3 aromatic rings. The smallest absolute Gasteiger partial charge is 0.359 e. The van der Waals surface area contributed by atoms with Crippen LogP contribution in [0.25, 0.3) is 10.9 Å². The Morgan fingerprint density at radius 3 is 2.78 bits per heavy atom. The molecule has 3 rings (SSSR count). The lowest BCUT2D eigenvalue weighted by atomic mass is 10.1. The molecule has 1 aromatic heterocycles. The Hall–Kier alpha value is -3.22. The Morgan fingerprint density at radius 1 is 1.22 bits per heavy atom. The Balaban J connectivity index is 1.91. The first-order valence-corrected chi connectivity index (χ1v) is 6.72. The zero-order chi connectivity index (χ0) is 16.4. The topological polar surface area (TPSA) is 84.1 Å². The predicted octanol–water partition coefficient (Wildman–Crippen LogP) is 2.74. The summed E-state index contributed by atoms with van der Waals surface area (Å²) in [4.78, 5) is 23.8. The van der Waals surface area contributed by atoms with Gasteiger partial charge >= 0.3 is 5.97 Å². The standard InChI is InChI=1S/C16H12FN3O3/c1-23-16(22)14-12-8-11(5-6-13(12)19-20-14)18-15(21)9-3-2-4-10(17)7-9/h2-8H,1H3,(H,18,21)(H,19,20). The predicted molar refractivity (Wildman–Crippen MR) is 81.8 cm³/mol. The molecular formula is C16H12FN3O3. The van der Waals surface area contributed by atoms with Gasteiger partial charge in [0.15, 0.2) is 5.69 Å². The maximum atomic E-state index is 13.2. The van der Waals surface area contributed by atoms with E-state index in [1.807, 2.05) is 0 Å². The van der Waals surface area contributed by atoms with E-state index in [1.165, 1.54) is 25.3 Å². The molecule has 2 aromatic carbocycles. The number of H-pyrrole nitrogens is 1. The molecule has 0 aliphatic carbocycles. The van der Waals surface area contributed by atoms with E-state index in [1.54, 1.807) is 18.2 Å². The molecular weight excluding hydrogens is 301 g/mol.